The van der Waals surface area contributed by atoms with Gasteiger partial charge in [0.05, 0.1) is 19.1 Å². The van der Waals surface area contributed by atoms with Crippen LogP contribution < -0.4 is 5.32 Å². The van der Waals surface area contributed by atoms with Gasteiger partial charge in [0, 0.05) is 6.54 Å². The molecule has 0 aromatic carbocycles. The third kappa shape index (κ3) is 12.2. The first-order valence-electron chi connectivity index (χ1n) is 7.80. The van der Waals surface area contributed by atoms with Crippen molar-refractivity contribution in [2.45, 2.75) is 60.5 Å². The number of carbonyl (C=O) groups excluding carboxylic acids is 2. The van der Waals surface area contributed by atoms with Crippen molar-refractivity contribution in [3.05, 3.63) is 0 Å². The Morgan fingerprint density at radius 2 is 1.62 bits per heavy atom. The van der Waals surface area contributed by atoms with Gasteiger partial charge in [0.1, 0.15) is 0 Å². The average Bonchev–Trinajstić information content (AvgIpc) is 2.32. The van der Waals surface area contributed by atoms with Crippen molar-refractivity contribution in [2.75, 3.05) is 13.2 Å². The van der Waals surface area contributed by atoms with Gasteiger partial charge in [0.25, 0.3) is 0 Å². The van der Waals surface area contributed by atoms with E-state index in [1.165, 1.54) is 0 Å². The SMILES string of the molecule is CC(C)COC(=O)C[C@@H](CNC(=O)OC(C)C)CC(C)C. The third-order valence-corrected chi connectivity index (χ3v) is 2.72. The first-order valence-corrected chi connectivity index (χ1v) is 7.80. The smallest absolute Gasteiger partial charge is 0.407 e. The topological polar surface area (TPSA) is 64.6 Å². The minimum Gasteiger partial charge on any atom is -0.465 e. The molecule has 0 saturated carbocycles. The normalized spacial score (nSPS) is 12.6. The van der Waals surface area contributed by atoms with Crippen LogP contribution in [0.5, 0.6) is 0 Å². The molecular weight excluding hydrogens is 270 g/mol. The summed E-state index contributed by atoms with van der Waals surface area (Å²) in [7, 11) is 0. The monoisotopic (exact) mass is 301 g/mol. The first-order chi connectivity index (χ1) is 9.70. The Kier molecular flexibility index (Phi) is 9.84. The number of ether oxygens (including phenoxy) is 2. The fourth-order valence-electron chi connectivity index (χ4n) is 1.94. The van der Waals surface area contributed by atoms with Gasteiger partial charge in [0.2, 0.25) is 0 Å². The van der Waals surface area contributed by atoms with Crippen molar-refractivity contribution in [3.63, 3.8) is 0 Å². The van der Waals surface area contributed by atoms with Gasteiger partial charge in [-0.15, -0.1) is 0 Å². The molecule has 1 N–H and O–H groups in total. The van der Waals surface area contributed by atoms with Gasteiger partial charge >= 0.3 is 12.1 Å². The highest BCUT2D eigenvalue weighted by Gasteiger charge is 2.18. The molecule has 5 nitrogen and oxygen atoms in total. The lowest BCUT2D eigenvalue weighted by molar-refractivity contribution is -0.145. The number of amides is 1. The summed E-state index contributed by atoms with van der Waals surface area (Å²) in [6.45, 7) is 12.7. The summed E-state index contributed by atoms with van der Waals surface area (Å²) >= 11 is 0. The minimum atomic E-state index is -0.436. The quantitative estimate of drug-likeness (QED) is 0.663. The molecule has 124 valence electrons. The van der Waals surface area contributed by atoms with Crippen molar-refractivity contribution in [1.29, 1.82) is 0 Å². The fraction of sp³-hybridized carbons (Fsp3) is 0.875. The number of alkyl carbamates (subject to hydrolysis) is 1. The molecule has 1 atom stereocenters. The van der Waals surface area contributed by atoms with Gasteiger partial charge in [0.15, 0.2) is 0 Å². The lowest BCUT2D eigenvalue weighted by Gasteiger charge is -2.19. The summed E-state index contributed by atoms with van der Waals surface area (Å²) in [6.07, 6.45) is 0.602. The van der Waals surface area contributed by atoms with Crippen LogP contribution in [0, 0.1) is 17.8 Å². The average molecular weight is 301 g/mol. The molecule has 1 amide bonds. The zero-order chi connectivity index (χ0) is 16.4. The minimum absolute atomic E-state index is 0.0735. The van der Waals surface area contributed by atoms with E-state index < -0.39 is 6.09 Å². The molecule has 0 fully saturated rings. The van der Waals surface area contributed by atoms with Gasteiger partial charge in [-0.25, -0.2) is 4.79 Å². The van der Waals surface area contributed by atoms with Crippen LogP contribution in [0.4, 0.5) is 4.79 Å². The molecule has 0 aliphatic rings. The van der Waals surface area contributed by atoms with E-state index in [0.717, 1.165) is 6.42 Å². The summed E-state index contributed by atoms with van der Waals surface area (Å²) in [5, 5.41) is 2.72. The molecule has 5 heteroatoms. The summed E-state index contributed by atoms with van der Waals surface area (Å²) in [6, 6.07) is 0. The second-order valence-corrected chi connectivity index (χ2v) is 6.61. The maximum absolute atomic E-state index is 11.8. The summed E-state index contributed by atoms with van der Waals surface area (Å²) < 4.78 is 10.2. The molecule has 0 saturated heterocycles. The van der Waals surface area contributed by atoms with E-state index in [2.05, 4.69) is 19.2 Å². The summed E-state index contributed by atoms with van der Waals surface area (Å²) in [5.74, 6) is 0.658. The van der Waals surface area contributed by atoms with Crippen LogP contribution in [0.1, 0.15) is 54.4 Å². The van der Waals surface area contributed by atoms with Crippen molar-refractivity contribution >= 4 is 12.1 Å². The highest BCUT2D eigenvalue weighted by molar-refractivity contribution is 5.70. The Bertz CT molecular complexity index is 313. The molecular formula is C16H31NO4. The van der Waals surface area contributed by atoms with E-state index in [4.69, 9.17) is 9.47 Å². The molecule has 0 radical (unpaired) electrons. The molecule has 0 aliphatic carbocycles. The number of hydrogen-bond acceptors (Lipinski definition) is 4. The lowest BCUT2D eigenvalue weighted by Crippen LogP contribution is -2.33. The maximum atomic E-state index is 11.8. The van der Waals surface area contributed by atoms with Crippen LogP contribution in [0.25, 0.3) is 0 Å². The van der Waals surface area contributed by atoms with Crippen LogP contribution in [0.3, 0.4) is 0 Å². The van der Waals surface area contributed by atoms with E-state index >= 15 is 0 Å². The third-order valence-electron chi connectivity index (χ3n) is 2.72. The second-order valence-electron chi connectivity index (χ2n) is 6.61. The maximum Gasteiger partial charge on any atom is 0.407 e. The molecule has 0 spiro atoms. The largest absolute Gasteiger partial charge is 0.465 e. The molecule has 0 aromatic heterocycles. The molecule has 0 aliphatic heterocycles. The number of carbonyl (C=O) groups is 2. The Balaban J connectivity index is 4.25. The van der Waals surface area contributed by atoms with E-state index in [1.807, 2.05) is 13.8 Å². The van der Waals surface area contributed by atoms with E-state index in [9.17, 15) is 9.59 Å². The Morgan fingerprint density at radius 3 is 2.10 bits per heavy atom. The van der Waals surface area contributed by atoms with E-state index in [-0.39, 0.29) is 18.0 Å². The molecule has 0 bridgehead atoms. The molecule has 0 heterocycles. The summed E-state index contributed by atoms with van der Waals surface area (Å²) in [5.41, 5.74) is 0. The molecule has 0 unspecified atom stereocenters. The van der Waals surface area contributed by atoms with Gasteiger partial charge in [-0.2, -0.15) is 0 Å². The number of esters is 1. The molecule has 0 rings (SSSR count). The van der Waals surface area contributed by atoms with E-state index in [0.29, 0.717) is 31.4 Å². The van der Waals surface area contributed by atoms with Crippen molar-refractivity contribution in [3.8, 4) is 0 Å². The highest BCUT2D eigenvalue weighted by Crippen LogP contribution is 2.16. The molecule has 21 heavy (non-hydrogen) atoms. The lowest BCUT2D eigenvalue weighted by atomic mass is 9.94. The van der Waals surface area contributed by atoms with Crippen molar-refractivity contribution in [2.24, 2.45) is 17.8 Å². The van der Waals surface area contributed by atoms with Crippen LogP contribution in [-0.4, -0.2) is 31.3 Å². The second kappa shape index (κ2) is 10.5. The Morgan fingerprint density at radius 1 is 1.00 bits per heavy atom. The standard InChI is InChI=1S/C16H31NO4/c1-11(2)7-14(8-15(18)20-10-12(3)4)9-17-16(19)21-13(5)6/h11-14H,7-10H2,1-6H3,(H,17,19)/t14-/m0/s1. The van der Waals surface area contributed by atoms with Crippen LogP contribution in [-0.2, 0) is 14.3 Å². The van der Waals surface area contributed by atoms with Crippen LogP contribution in [0.2, 0.25) is 0 Å². The number of rotatable bonds is 9. The van der Waals surface area contributed by atoms with Crippen LogP contribution in [0.15, 0.2) is 0 Å². The Labute approximate surface area is 128 Å². The molecule has 0 aromatic rings. The van der Waals surface area contributed by atoms with Crippen molar-refractivity contribution < 1.29 is 19.1 Å². The van der Waals surface area contributed by atoms with Crippen molar-refractivity contribution in [1.82, 2.24) is 5.32 Å². The zero-order valence-electron chi connectivity index (χ0n) is 14.3. The summed E-state index contributed by atoms with van der Waals surface area (Å²) in [4.78, 5) is 23.3. The van der Waals surface area contributed by atoms with Gasteiger partial charge in [-0.05, 0) is 38.0 Å². The predicted molar refractivity (Wildman–Crippen MR) is 83.0 cm³/mol. The van der Waals surface area contributed by atoms with Crippen LogP contribution >= 0.6 is 0 Å². The number of hydrogen-bond donors (Lipinski definition) is 1. The van der Waals surface area contributed by atoms with Gasteiger partial charge < -0.3 is 14.8 Å². The Hall–Kier alpha value is -1.26. The predicted octanol–water partition coefficient (Wildman–Crippen LogP) is 3.37. The highest BCUT2D eigenvalue weighted by atomic mass is 16.6. The van der Waals surface area contributed by atoms with E-state index in [1.54, 1.807) is 13.8 Å². The first kappa shape index (κ1) is 19.7. The van der Waals surface area contributed by atoms with Gasteiger partial charge in [-0.1, -0.05) is 27.7 Å². The fourth-order valence-corrected chi connectivity index (χ4v) is 1.94. The zero-order valence-corrected chi connectivity index (χ0v) is 14.3. The van der Waals surface area contributed by atoms with Gasteiger partial charge in [-0.3, -0.25) is 4.79 Å². The number of nitrogens with one attached hydrogen (secondary N) is 1.